The van der Waals surface area contributed by atoms with E-state index in [-0.39, 0.29) is 24.1 Å². The summed E-state index contributed by atoms with van der Waals surface area (Å²) in [6, 6.07) is 18.7. The number of methoxy groups -OCH3 is 1. The van der Waals surface area contributed by atoms with Crippen molar-refractivity contribution < 1.29 is 9.53 Å². The first-order chi connectivity index (χ1) is 14.2. The fourth-order valence-electron chi connectivity index (χ4n) is 3.84. The quantitative estimate of drug-likeness (QED) is 0.728. The Labute approximate surface area is 169 Å². The Balaban J connectivity index is 1.54. The summed E-state index contributed by atoms with van der Waals surface area (Å²) >= 11 is 0. The van der Waals surface area contributed by atoms with Gasteiger partial charge in [-0.3, -0.25) is 9.59 Å². The molecule has 1 aliphatic carbocycles. The number of hydrogen-bond donors (Lipinski definition) is 1. The fourth-order valence-corrected chi connectivity index (χ4v) is 3.84. The van der Waals surface area contributed by atoms with E-state index in [1.54, 1.807) is 13.2 Å². The molecular weight excluding hydrogens is 366 g/mol. The van der Waals surface area contributed by atoms with E-state index in [4.69, 9.17) is 4.74 Å². The molecule has 1 atom stereocenters. The number of nitrogens with one attached hydrogen (secondary N) is 1. The van der Waals surface area contributed by atoms with Crippen molar-refractivity contribution >= 4 is 5.91 Å². The lowest BCUT2D eigenvalue weighted by atomic mass is 9.88. The van der Waals surface area contributed by atoms with Crippen LogP contribution in [0.5, 0.6) is 5.75 Å². The highest BCUT2D eigenvalue weighted by atomic mass is 16.5. The molecule has 6 nitrogen and oxygen atoms in total. The average molecular weight is 389 g/mol. The molecule has 148 valence electrons. The maximum atomic E-state index is 12.7. The number of nitrogens with zero attached hydrogens (tertiary/aromatic N) is 2. The maximum absolute atomic E-state index is 12.7. The number of aryl methyl sites for hydroxylation is 1. The van der Waals surface area contributed by atoms with Crippen LogP contribution in [0.4, 0.5) is 0 Å². The molecule has 1 amide bonds. The summed E-state index contributed by atoms with van der Waals surface area (Å²) in [6.07, 6.45) is 2.96. The molecule has 2 aromatic carbocycles. The van der Waals surface area contributed by atoms with Crippen LogP contribution >= 0.6 is 0 Å². The number of para-hydroxylation sites is 1. The molecule has 0 radical (unpaired) electrons. The van der Waals surface area contributed by atoms with E-state index >= 15 is 0 Å². The molecule has 1 unspecified atom stereocenters. The normalized spacial score (nSPS) is 15.4. The van der Waals surface area contributed by atoms with Crippen LogP contribution in [0.1, 0.15) is 30.0 Å². The first-order valence-corrected chi connectivity index (χ1v) is 9.74. The highest BCUT2D eigenvalue weighted by Crippen LogP contribution is 2.29. The summed E-state index contributed by atoms with van der Waals surface area (Å²) in [7, 11) is 1.59. The van der Waals surface area contributed by atoms with Crippen molar-refractivity contribution in [2.45, 2.75) is 31.8 Å². The third-order valence-corrected chi connectivity index (χ3v) is 5.25. The minimum absolute atomic E-state index is 0.0273. The van der Waals surface area contributed by atoms with Crippen LogP contribution in [-0.4, -0.2) is 22.8 Å². The summed E-state index contributed by atoms with van der Waals surface area (Å²) in [5, 5.41) is 7.46. The van der Waals surface area contributed by atoms with Crippen molar-refractivity contribution in [3.63, 3.8) is 0 Å². The predicted molar refractivity (Wildman–Crippen MR) is 111 cm³/mol. The first kappa shape index (κ1) is 18.9. The molecule has 0 bridgehead atoms. The Hall–Kier alpha value is -3.41. The number of aromatic nitrogens is 2. The molecule has 0 saturated carbocycles. The Kier molecular flexibility index (Phi) is 5.42. The van der Waals surface area contributed by atoms with E-state index in [0.717, 1.165) is 30.4 Å². The highest BCUT2D eigenvalue weighted by molar-refractivity contribution is 5.76. The van der Waals surface area contributed by atoms with E-state index in [2.05, 4.69) is 22.5 Å². The van der Waals surface area contributed by atoms with Gasteiger partial charge in [0.15, 0.2) is 0 Å². The van der Waals surface area contributed by atoms with Crippen molar-refractivity contribution in [2.24, 2.45) is 0 Å². The van der Waals surface area contributed by atoms with Gasteiger partial charge in [0.05, 0.1) is 18.8 Å². The predicted octanol–water partition coefficient (Wildman–Crippen LogP) is 3.11. The van der Waals surface area contributed by atoms with Gasteiger partial charge in [0.2, 0.25) is 5.91 Å². The Morgan fingerprint density at radius 3 is 2.79 bits per heavy atom. The number of rotatable bonds is 5. The monoisotopic (exact) mass is 389 g/mol. The summed E-state index contributed by atoms with van der Waals surface area (Å²) < 4.78 is 6.58. The van der Waals surface area contributed by atoms with Crippen LogP contribution in [-0.2, 0) is 17.8 Å². The van der Waals surface area contributed by atoms with Gasteiger partial charge in [-0.05, 0) is 48.6 Å². The molecule has 4 rings (SSSR count). The summed E-state index contributed by atoms with van der Waals surface area (Å²) in [5.41, 5.74) is 3.47. The molecule has 0 saturated heterocycles. The topological polar surface area (TPSA) is 73.2 Å². The fraction of sp³-hybridized carbons (Fsp3) is 0.261. The van der Waals surface area contributed by atoms with Crippen molar-refractivity contribution in [3.8, 4) is 17.0 Å². The van der Waals surface area contributed by atoms with Crippen LogP contribution in [0, 0.1) is 0 Å². The number of amides is 1. The molecule has 6 heteroatoms. The van der Waals surface area contributed by atoms with E-state index in [1.165, 1.54) is 16.3 Å². The zero-order chi connectivity index (χ0) is 20.2. The van der Waals surface area contributed by atoms with Crippen molar-refractivity contribution in [1.82, 2.24) is 15.1 Å². The zero-order valence-electron chi connectivity index (χ0n) is 16.3. The summed E-state index contributed by atoms with van der Waals surface area (Å²) in [5.74, 6) is 0.437. The van der Waals surface area contributed by atoms with Crippen molar-refractivity contribution in [2.75, 3.05) is 7.11 Å². The number of carbonyl (C=O) groups excluding carboxylic acids is 1. The van der Waals surface area contributed by atoms with Gasteiger partial charge in [-0.25, -0.2) is 4.68 Å². The average Bonchev–Trinajstić information content (AvgIpc) is 2.75. The number of hydrogen-bond acceptors (Lipinski definition) is 4. The van der Waals surface area contributed by atoms with Gasteiger partial charge in [-0.1, -0.05) is 36.4 Å². The standard InChI is InChI=1S/C23H23N3O3/c1-29-21-12-5-4-10-18(21)20-13-14-23(28)26(25-20)15-22(27)24-19-11-6-8-16-7-2-3-9-17(16)19/h2-5,7,9-10,12-14,19H,6,8,11,15H2,1H3,(H,24,27). The second-order valence-corrected chi connectivity index (χ2v) is 7.13. The number of fused-ring (bicyclic) bond motifs is 1. The van der Waals surface area contributed by atoms with Crippen molar-refractivity contribution in [3.05, 3.63) is 82.1 Å². The van der Waals surface area contributed by atoms with Gasteiger partial charge in [0.1, 0.15) is 12.3 Å². The Morgan fingerprint density at radius 1 is 1.14 bits per heavy atom. The van der Waals surface area contributed by atoms with Crippen LogP contribution in [0.2, 0.25) is 0 Å². The van der Waals surface area contributed by atoms with E-state index < -0.39 is 0 Å². The van der Waals surface area contributed by atoms with E-state index in [9.17, 15) is 9.59 Å². The summed E-state index contributed by atoms with van der Waals surface area (Å²) in [4.78, 5) is 25.0. The second-order valence-electron chi connectivity index (χ2n) is 7.13. The minimum Gasteiger partial charge on any atom is -0.496 e. The number of benzene rings is 2. The third-order valence-electron chi connectivity index (χ3n) is 5.25. The molecule has 0 aliphatic heterocycles. The SMILES string of the molecule is COc1ccccc1-c1ccc(=O)n(CC(=O)NC2CCCc3ccccc32)n1. The first-order valence-electron chi connectivity index (χ1n) is 9.74. The lowest BCUT2D eigenvalue weighted by Crippen LogP contribution is -2.36. The van der Waals surface area contributed by atoms with E-state index in [1.807, 2.05) is 36.4 Å². The molecule has 1 heterocycles. The number of ether oxygens (including phenoxy) is 1. The van der Waals surface area contributed by atoms with Crippen LogP contribution < -0.4 is 15.6 Å². The van der Waals surface area contributed by atoms with Gasteiger partial charge < -0.3 is 10.1 Å². The zero-order valence-corrected chi connectivity index (χ0v) is 16.3. The molecule has 0 fully saturated rings. The van der Waals surface area contributed by atoms with Gasteiger partial charge in [0, 0.05) is 11.6 Å². The molecule has 3 aromatic rings. The molecule has 29 heavy (non-hydrogen) atoms. The molecule has 1 aromatic heterocycles. The maximum Gasteiger partial charge on any atom is 0.267 e. The van der Waals surface area contributed by atoms with Gasteiger partial charge in [0.25, 0.3) is 5.56 Å². The largest absolute Gasteiger partial charge is 0.496 e. The molecule has 1 N–H and O–H groups in total. The van der Waals surface area contributed by atoms with Crippen LogP contribution in [0.25, 0.3) is 11.3 Å². The van der Waals surface area contributed by atoms with Crippen LogP contribution in [0.15, 0.2) is 65.5 Å². The highest BCUT2D eigenvalue weighted by Gasteiger charge is 2.21. The lowest BCUT2D eigenvalue weighted by molar-refractivity contribution is -0.122. The van der Waals surface area contributed by atoms with Crippen molar-refractivity contribution in [1.29, 1.82) is 0 Å². The summed E-state index contributed by atoms with van der Waals surface area (Å²) in [6.45, 7) is -0.125. The molecular formula is C23H23N3O3. The van der Waals surface area contributed by atoms with Gasteiger partial charge in [-0.2, -0.15) is 5.10 Å². The molecule has 0 spiro atoms. The van der Waals surface area contributed by atoms with Gasteiger partial charge in [-0.15, -0.1) is 0 Å². The third kappa shape index (κ3) is 4.06. The second kappa shape index (κ2) is 8.31. The van der Waals surface area contributed by atoms with E-state index in [0.29, 0.717) is 11.4 Å². The number of carbonyl (C=O) groups is 1. The lowest BCUT2D eigenvalue weighted by Gasteiger charge is -2.26. The Morgan fingerprint density at radius 2 is 1.93 bits per heavy atom. The smallest absolute Gasteiger partial charge is 0.267 e. The minimum atomic E-state index is -0.317. The molecule has 1 aliphatic rings. The van der Waals surface area contributed by atoms with Crippen LogP contribution in [0.3, 0.4) is 0 Å². The van der Waals surface area contributed by atoms with Gasteiger partial charge >= 0.3 is 0 Å². The Bertz CT molecular complexity index is 1090.